The Morgan fingerprint density at radius 1 is 1.00 bits per heavy atom. The van der Waals surface area contributed by atoms with E-state index in [0.29, 0.717) is 26.2 Å². The number of para-hydroxylation sites is 2. The van der Waals surface area contributed by atoms with E-state index < -0.39 is 0 Å². The van der Waals surface area contributed by atoms with Crippen LogP contribution in [0.1, 0.15) is 26.2 Å². The van der Waals surface area contributed by atoms with Crippen molar-refractivity contribution in [2.45, 2.75) is 32.3 Å². The number of likely N-dealkylation sites (tertiary alicyclic amines) is 1. The predicted octanol–water partition coefficient (Wildman–Crippen LogP) is 2.64. The minimum atomic E-state index is 0.0270. The van der Waals surface area contributed by atoms with Gasteiger partial charge in [-0.1, -0.05) is 12.1 Å². The first-order chi connectivity index (χ1) is 16.7. The number of rotatable bonds is 9. The van der Waals surface area contributed by atoms with Crippen molar-refractivity contribution >= 4 is 12.0 Å². The topological polar surface area (TPSA) is 83.1 Å². The molecule has 0 radical (unpaired) electrons. The lowest BCUT2D eigenvalue weighted by molar-refractivity contribution is 0.107. The number of urea groups is 1. The Bertz CT molecular complexity index is 883. The number of anilines is 1. The normalized spacial score (nSPS) is 17.4. The minimum absolute atomic E-state index is 0.0270. The van der Waals surface area contributed by atoms with Gasteiger partial charge in [0.1, 0.15) is 6.10 Å². The van der Waals surface area contributed by atoms with Crippen LogP contribution in [0.25, 0.3) is 0 Å². The van der Waals surface area contributed by atoms with Crippen LogP contribution in [0.4, 0.5) is 10.7 Å². The number of nitrogens with zero attached hydrogens (tertiary/aromatic N) is 5. The molecule has 0 bridgehead atoms. The molecule has 0 spiro atoms. The molecule has 1 N–H and O–H groups in total. The van der Waals surface area contributed by atoms with Crippen LogP contribution in [0.15, 0.2) is 42.7 Å². The molecule has 2 fully saturated rings. The molecule has 0 unspecified atom stereocenters. The standard InChI is InChI=1S/C25H36N6O3/c1-2-33-22-7-3-4-8-23(22)34-21-9-15-31(16-10-21)25(32)28-13-6-14-29-17-19-30(20-18-29)24-26-11-5-12-27-24/h3-5,7-8,11-12,21H,2,6,9-10,13-20H2,1H3,(H,28,32). The van der Waals surface area contributed by atoms with Crippen molar-refractivity contribution in [3.63, 3.8) is 0 Å². The van der Waals surface area contributed by atoms with Crippen molar-refractivity contribution in [2.24, 2.45) is 0 Å². The van der Waals surface area contributed by atoms with Gasteiger partial charge < -0.3 is 24.6 Å². The van der Waals surface area contributed by atoms with E-state index in [1.54, 1.807) is 12.4 Å². The molecule has 0 atom stereocenters. The van der Waals surface area contributed by atoms with Gasteiger partial charge in [-0.2, -0.15) is 0 Å². The van der Waals surface area contributed by atoms with Gasteiger partial charge in [-0.05, 0) is 38.1 Å². The summed E-state index contributed by atoms with van der Waals surface area (Å²) < 4.78 is 11.8. The molecule has 2 aliphatic heterocycles. The molecule has 2 aromatic rings. The predicted molar refractivity (Wildman–Crippen MR) is 132 cm³/mol. The Balaban J connectivity index is 1.09. The summed E-state index contributed by atoms with van der Waals surface area (Å²) in [7, 11) is 0. The fourth-order valence-corrected chi connectivity index (χ4v) is 4.41. The van der Waals surface area contributed by atoms with Crippen LogP contribution >= 0.6 is 0 Å². The van der Waals surface area contributed by atoms with Gasteiger partial charge in [-0.15, -0.1) is 0 Å². The second kappa shape index (κ2) is 12.4. The van der Waals surface area contributed by atoms with Gasteiger partial charge in [0.2, 0.25) is 5.95 Å². The number of piperazine rings is 1. The quantitative estimate of drug-likeness (QED) is 0.567. The number of amides is 2. The highest BCUT2D eigenvalue weighted by molar-refractivity contribution is 5.74. The molecular formula is C25H36N6O3. The molecule has 1 aromatic carbocycles. The van der Waals surface area contributed by atoms with Crippen molar-refractivity contribution in [3.8, 4) is 11.5 Å². The monoisotopic (exact) mass is 468 g/mol. The third-order valence-electron chi connectivity index (χ3n) is 6.31. The third kappa shape index (κ3) is 6.72. The number of carbonyl (C=O) groups is 1. The van der Waals surface area contributed by atoms with Crippen LogP contribution in [0.3, 0.4) is 0 Å². The Kier molecular flexibility index (Phi) is 8.78. The van der Waals surface area contributed by atoms with E-state index >= 15 is 0 Å². The first-order valence-corrected chi connectivity index (χ1v) is 12.4. The Morgan fingerprint density at radius 2 is 1.71 bits per heavy atom. The van der Waals surface area contributed by atoms with E-state index in [9.17, 15) is 4.79 Å². The number of aromatic nitrogens is 2. The summed E-state index contributed by atoms with van der Waals surface area (Å²) in [4.78, 5) is 27.8. The second-order valence-corrected chi connectivity index (χ2v) is 8.65. The summed E-state index contributed by atoms with van der Waals surface area (Å²) in [5.41, 5.74) is 0. The van der Waals surface area contributed by atoms with Gasteiger partial charge >= 0.3 is 6.03 Å². The molecule has 0 saturated carbocycles. The number of piperidine rings is 1. The van der Waals surface area contributed by atoms with Crippen LogP contribution in [-0.4, -0.2) is 90.9 Å². The largest absolute Gasteiger partial charge is 0.490 e. The van der Waals surface area contributed by atoms with Gasteiger partial charge in [0.15, 0.2) is 11.5 Å². The lowest BCUT2D eigenvalue weighted by atomic mass is 10.1. The molecular weight excluding hydrogens is 432 g/mol. The van der Waals surface area contributed by atoms with Crippen molar-refractivity contribution in [2.75, 3.05) is 63.9 Å². The number of carbonyl (C=O) groups excluding carboxylic acids is 1. The van der Waals surface area contributed by atoms with Crippen LogP contribution < -0.4 is 19.7 Å². The van der Waals surface area contributed by atoms with Gasteiger partial charge in [0, 0.05) is 71.0 Å². The summed E-state index contributed by atoms with van der Waals surface area (Å²) >= 11 is 0. The molecule has 2 saturated heterocycles. The molecule has 3 heterocycles. The van der Waals surface area contributed by atoms with E-state index in [1.807, 2.05) is 42.2 Å². The molecule has 0 aliphatic carbocycles. The first-order valence-electron chi connectivity index (χ1n) is 12.4. The van der Waals surface area contributed by atoms with E-state index in [2.05, 4.69) is 25.1 Å². The highest BCUT2D eigenvalue weighted by atomic mass is 16.5. The Labute approximate surface area is 202 Å². The molecule has 184 valence electrons. The average molecular weight is 469 g/mol. The van der Waals surface area contributed by atoms with E-state index in [0.717, 1.165) is 69.4 Å². The minimum Gasteiger partial charge on any atom is -0.490 e. The number of hydrogen-bond acceptors (Lipinski definition) is 7. The van der Waals surface area contributed by atoms with Gasteiger partial charge in [0.25, 0.3) is 0 Å². The van der Waals surface area contributed by atoms with Gasteiger partial charge in [-0.25, -0.2) is 14.8 Å². The summed E-state index contributed by atoms with van der Waals surface area (Å²) in [6, 6.07) is 9.65. The number of hydrogen-bond donors (Lipinski definition) is 1. The highest BCUT2D eigenvalue weighted by Gasteiger charge is 2.24. The summed E-state index contributed by atoms with van der Waals surface area (Å²) in [5, 5.41) is 3.09. The van der Waals surface area contributed by atoms with Crippen LogP contribution in [0.5, 0.6) is 11.5 Å². The molecule has 1 aromatic heterocycles. The zero-order valence-electron chi connectivity index (χ0n) is 20.1. The molecule has 9 heteroatoms. The smallest absolute Gasteiger partial charge is 0.317 e. The van der Waals surface area contributed by atoms with E-state index in [1.165, 1.54) is 0 Å². The molecule has 2 aliphatic rings. The molecule has 34 heavy (non-hydrogen) atoms. The van der Waals surface area contributed by atoms with E-state index in [-0.39, 0.29) is 12.1 Å². The van der Waals surface area contributed by atoms with Gasteiger partial charge in [0.05, 0.1) is 6.61 Å². The van der Waals surface area contributed by atoms with E-state index in [4.69, 9.17) is 9.47 Å². The average Bonchev–Trinajstić information content (AvgIpc) is 2.89. The lowest BCUT2D eigenvalue weighted by Crippen LogP contribution is -2.48. The Morgan fingerprint density at radius 3 is 2.41 bits per heavy atom. The summed E-state index contributed by atoms with van der Waals surface area (Å²) in [6.07, 6.45) is 6.27. The SMILES string of the molecule is CCOc1ccccc1OC1CCN(C(=O)NCCCN2CCN(c3ncccn3)CC2)CC1. The zero-order chi connectivity index (χ0) is 23.6. The second-order valence-electron chi connectivity index (χ2n) is 8.65. The molecule has 9 nitrogen and oxygen atoms in total. The Hall–Kier alpha value is -3.07. The molecule has 2 amide bonds. The van der Waals surface area contributed by atoms with Crippen LogP contribution in [0.2, 0.25) is 0 Å². The summed E-state index contributed by atoms with van der Waals surface area (Å²) in [5.74, 6) is 2.37. The highest BCUT2D eigenvalue weighted by Crippen LogP contribution is 2.29. The maximum absolute atomic E-state index is 12.6. The zero-order valence-corrected chi connectivity index (χ0v) is 20.1. The number of nitrogens with one attached hydrogen (secondary N) is 1. The number of benzene rings is 1. The van der Waals surface area contributed by atoms with Crippen molar-refractivity contribution in [1.82, 2.24) is 25.1 Å². The molecule has 4 rings (SSSR count). The van der Waals surface area contributed by atoms with Gasteiger partial charge in [-0.3, -0.25) is 4.90 Å². The first kappa shape index (κ1) is 24.1. The lowest BCUT2D eigenvalue weighted by Gasteiger charge is -2.34. The van der Waals surface area contributed by atoms with Crippen molar-refractivity contribution in [1.29, 1.82) is 0 Å². The number of ether oxygens (including phenoxy) is 2. The third-order valence-corrected chi connectivity index (χ3v) is 6.31. The van der Waals surface area contributed by atoms with Crippen LogP contribution in [-0.2, 0) is 0 Å². The fourth-order valence-electron chi connectivity index (χ4n) is 4.41. The van der Waals surface area contributed by atoms with Crippen molar-refractivity contribution < 1.29 is 14.3 Å². The van der Waals surface area contributed by atoms with Crippen molar-refractivity contribution in [3.05, 3.63) is 42.7 Å². The fraction of sp³-hybridized carbons (Fsp3) is 0.560. The summed E-state index contributed by atoms with van der Waals surface area (Å²) in [6.45, 7) is 9.52. The van der Waals surface area contributed by atoms with Crippen LogP contribution in [0, 0.1) is 0 Å². The maximum atomic E-state index is 12.6. The maximum Gasteiger partial charge on any atom is 0.317 e.